The Morgan fingerprint density at radius 1 is 0.462 bits per heavy atom. The molecule has 26 nitrogen and oxygen atoms in total. The van der Waals surface area contributed by atoms with Gasteiger partial charge in [-0.15, -0.1) is 0 Å². The maximum absolute atomic E-state index is 13.5. The van der Waals surface area contributed by atoms with Gasteiger partial charge in [-0.3, -0.25) is 47.9 Å². The van der Waals surface area contributed by atoms with Crippen LogP contribution < -0.4 is 59.3 Å². The topological polar surface area (TPSA) is 429 Å². The Kier molecular flexibility index (Phi) is 26.7. The largest absolute Gasteiger partial charge is 0.480 e. The van der Waals surface area contributed by atoms with Crippen molar-refractivity contribution >= 4 is 65.0 Å². The molecule has 0 saturated heterocycles. The number of amides is 10. The number of rotatable bonds is 30. The Morgan fingerprint density at radius 3 is 1.22 bits per heavy atom. The molecule has 0 fully saturated rings. The van der Waals surface area contributed by atoms with Crippen LogP contribution in [0.3, 0.4) is 0 Å². The molecule has 0 aromatic carbocycles. The van der Waals surface area contributed by atoms with Crippen molar-refractivity contribution in [1.29, 1.82) is 0 Å². The standard InChI is InChI=1S/C39H69N11O15/c1-17(2)9-22(34(59)48-24(12-27(40)54)35(60)49-26(16-51)33(58)42-13-30(57)47-25(39(64)65)11-19(5)6)45-29(56)15-44-38(63)32(21(8)53)50-36(61)23(10-18(3)4)46-28(55)14-43-37(62)31(41)20(7)52/h17-26,31-32,51-53H,9-16,41H2,1-8H3,(H2,40,54)(H,42,58)(H,43,62)(H,44,63)(H,45,56)(H,46,55)(H,47,57)(H,48,59)(H,49,60)(H,50,61)(H,64,65)/t20-,21-,22+,23+,24+,25+,26+,31+,32+/m1/s1. The lowest BCUT2D eigenvalue weighted by Gasteiger charge is -2.26. The predicted molar refractivity (Wildman–Crippen MR) is 229 cm³/mol. The van der Waals surface area contributed by atoms with E-state index in [9.17, 15) is 73.2 Å². The van der Waals surface area contributed by atoms with Crippen LogP contribution in [0.1, 0.15) is 81.1 Å². The fourth-order valence-electron chi connectivity index (χ4n) is 5.72. The second-order valence-corrected chi connectivity index (χ2v) is 16.7. The van der Waals surface area contributed by atoms with Crippen LogP contribution in [0.15, 0.2) is 0 Å². The van der Waals surface area contributed by atoms with Gasteiger partial charge < -0.3 is 79.7 Å². The number of carbonyl (C=O) groups excluding carboxylic acids is 10. The summed E-state index contributed by atoms with van der Waals surface area (Å²) in [5.74, 6) is -11.6. The van der Waals surface area contributed by atoms with Crippen molar-refractivity contribution < 1.29 is 73.2 Å². The lowest BCUT2D eigenvalue weighted by molar-refractivity contribution is -0.142. The predicted octanol–water partition coefficient (Wildman–Crippen LogP) is -6.58. The Labute approximate surface area is 376 Å². The molecule has 0 aliphatic carbocycles. The van der Waals surface area contributed by atoms with Gasteiger partial charge in [-0.05, 0) is 50.9 Å². The van der Waals surface area contributed by atoms with Gasteiger partial charge in [-0.25, -0.2) is 4.79 Å². The number of hydrogen-bond acceptors (Lipinski definition) is 15. The number of nitrogens with one attached hydrogen (secondary N) is 9. The van der Waals surface area contributed by atoms with Gasteiger partial charge in [0.2, 0.25) is 59.1 Å². The van der Waals surface area contributed by atoms with Crippen LogP contribution >= 0.6 is 0 Å². The quantitative estimate of drug-likeness (QED) is 0.0318. The van der Waals surface area contributed by atoms with Gasteiger partial charge in [0.05, 0.1) is 44.9 Å². The van der Waals surface area contributed by atoms with Crippen LogP contribution in [0.5, 0.6) is 0 Å². The fraction of sp³-hybridized carbons (Fsp3) is 0.718. The van der Waals surface area contributed by atoms with Gasteiger partial charge in [0.1, 0.15) is 42.3 Å². The van der Waals surface area contributed by atoms with Crippen molar-refractivity contribution in [2.24, 2.45) is 29.2 Å². The monoisotopic (exact) mass is 931 g/mol. The van der Waals surface area contributed by atoms with E-state index in [4.69, 9.17) is 11.5 Å². The highest BCUT2D eigenvalue weighted by Gasteiger charge is 2.33. The van der Waals surface area contributed by atoms with Crippen LogP contribution in [0, 0.1) is 17.8 Å². The second-order valence-electron chi connectivity index (χ2n) is 16.7. The van der Waals surface area contributed by atoms with Gasteiger partial charge in [-0.1, -0.05) is 41.5 Å². The zero-order valence-electron chi connectivity index (χ0n) is 38.0. The molecule has 0 spiro atoms. The molecule has 0 radical (unpaired) electrons. The number of carboxylic acid groups (broad SMARTS) is 1. The summed E-state index contributed by atoms with van der Waals surface area (Å²) in [6.45, 7) is 9.63. The number of aliphatic hydroxyl groups is 3. The molecule has 0 bridgehead atoms. The normalized spacial score (nSPS) is 15.3. The number of aliphatic hydroxyl groups excluding tert-OH is 3. The smallest absolute Gasteiger partial charge is 0.326 e. The Hall–Kier alpha value is -5.99. The first kappa shape index (κ1) is 59.0. The Morgan fingerprint density at radius 2 is 0.831 bits per heavy atom. The molecule has 0 saturated carbocycles. The van der Waals surface area contributed by atoms with Crippen molar-refractivity contribution in [2.75, 3.05) is 26.2 Å². The van der Waals surface area contributed by atoms with Crippen molar-refractivity contribution in [1.82, 2.24) is 47.9 Å². The highest BCUT2D eigenvalue weighted by atomic mass is 16.4. The molecule has 0 aromatic heterocycles. The molecular formula is C39H69N11O15. The van der Waals surface area contributed by atoms with Gasteiger partial charge in [0.25, 0.3) is 0 Å². The lowest BCUT2D eigenvalue weighted by atomic mass is 10.0. The SMILES string of the molecule is CC(C)C[C@H](NC(=O)CNC(=O)[C@H](CO)NC(=O)[C@H](CC(N)=O)NC(=O)[C@H](CC(C)C)NC(=O)CNC(=O)[C@@H](NC(=O)[C@H](CC(C)C)NC(=O)CNC(=O)[C@@H](N)[C@@H](C)O)[C@@H](C)O)C(=O)O. The molecule has 65 heavy (non-hydrogen) atoms. The number of carbonyl (C=O) groups is 11. The van der Waals surface area contributed by atoms with Gasteiger partial charge >= 0.3 is 5.97 Å². The van der Waals surface area contributed by atoms with Gasteiger partial charge in [-0.2, -0.15) is 0 Å². The first-order valence-electron chi connectivity index (χ1n) is 21.0. The summed E-state index contributed by atoms with van der Waals surface area (Å²) in [7, 11) is 0. The van der Waals surface area contributed by atoms with E-state index in [0.29, 0.717) is 0 Å². The first-order chi connectivity index (χ1) is 30.1. The second kappa shape index (κ2) is 29.5. The van der Waals surface area contributed by atoms with Crippen LogP contribution in [0.2, 0.25) is 0 Å². The third-order valence-corrected chi connectivity index (χ3v) is 9.07. The zero-order chi connectivity index (χ0) is 50.3. The summed E-state index contributed by atoms with van der Waals surface area (Å²) in [6, 6.07) is -10.3. The van der Waals surface area contributed by atoms with Crippen LogP contribution in [-0.2, 0) is 52.7 Å². The molecule has 10 amide bonds. The summed E-state index contributed by atoms with van der Waals surface area (Å²) in [6.07, 6.45) is -3.44. The maximum Gasteiger partial charge on any atom is 0.326 e. The van der Waals surface area contributed by atoms with E-state index in [2.05, 4.69) is 47.9 Å². The molecular weight excluding hydrogens is 862 g/mol. The maximum atomic E-state index is 13.5. The fourth-order valence-corrected chi connectivity index (χ4v) is 5.72. The minimum absolute atomic E-state index is 0.0492. The minimum Gasteiger partial charge on any atom is -0.480 e. The van der Waals surface area contributed by atoms with Crippen LogP contribution in [-0.4, -0.2) is 166 Å². The number of nitrogens with two attached hydrogens (primary N) is 2. The highest BCUT2D eigenvalue weighted by Crippen LogP contribution is 2.09. The third kappa shape index (κ3) is 24.0. The van der Waals surface area contributed by atoms with E-state index >= 15 is 0 Å². The molecule has 17 N–H and O–H groups in total. The van der Waals surface area contributed by atoms with E-state index in [1.807, 2.05) is 0 Å². The average molecular weight is 932 g/mol. The number of hydrogen-bond donors (Lipinski definition) is 15. The third-order valence-electron chi connectivity index (χ3n) is 9.07. The summed E-state index contributed by atoms with van der Waals surface area (Å²) >= 11 is 0. The molecule has 0 rings (SSSR count). The van der Waals surface area contributed by atoms with E-state index in [-0.39, 0.29) is 37.0 Å². The van der Waals surface area contributed by atoms with E-state index < -0.39 is 152 Å². The molecule has 370 valence electrons. The van der Waals surface area contributed by atoms with Crippen molar-refractivity contribution in [3.05, 3.63) is 0 Å². The number of aliphatic carboxylic acids is 1. The zero-order valence-corrected chi connectivity index (χ0v) is 38.0. The van der Waals surface area contributed by atoms with E-state index in [0.717, 1.165) is 0 Å². The summed E-state index contributed by atoms with van der Waals surface area (Å²) < 4.78 is 0. The van der Waals surface area contributed by atoms with Crippen LogP contribution in [0.25, 0.3) is 0 Å². The molecule has 9 atom stereocenters. The Bertz CT molecular complexity index is 1680. The lowest BCUT2D eigenvalue weighted by Crippen LogP contribution is -2.60. The highest BCUT2D eigenvalue weighted by molar-refractivity contribution is 5.98. The molecule has 0 aliphatic rings. The number of carboxylic acids is 1. The molecule has 26 heteroatoms. The van der Waals surface area contributed by atoms with E-state index in [1.54, 1.807) is 41.5 Å². The van der Waals surface area contributed by atoms with Gasteiger partial charge in [0.15, 0.2) is 0 Å². The van der Waals surface area contributed by atoms with Crippen molar-refractivity contribution in [3.8, 4) is 0 Å². The summed E-state index contributed by atoms with van der Waals surface area (Å²) in [5.41, 5.74) is 10.8. The average Bonchev–Trinajstić information content (AvgIpc) is 3.19. The molecule has 0 aliphatic heterocycles. The van der Waals surface area contributed by atoms with Gasteiger partial charge in [0, 0.05) is 0 Å². The minimum atomic E-state index is -1.75. The van der Waals surface area contributed by atoms with Crippen molar-refractivity contribution in [2.45, 2.75) is 136 Å². The summed E-state index contributed by atoms with van der Waals surface area (Å²) in [5, 5.41) is 59.4. The first-order valence-corrected chi connectivity index (χ1v) is 21.0. The van der Waals surface area contributed by atoms with Crippen molar-refractivity contribution in [3.63, 3.8) is 0 Å². The van der Waals surface area contributed by atoms with Crippen LogP contribution in [0.4, 0.5) is 0 Å². The molecule has 0 unspecified atom stereocenters. The number of primary amides is 1. The van der Waals surface area contributed by atoms with E-state index in [1.165, 1.54) is 13.8 Å². The Balaban J connectivity index is 5.77. The molecule has 0 aromatic rings. The molecule has 0 heterocycles. The summed E-state index contributed by atoms with van der Waals surface area (Å²) in [4.78, 5) is 139.